The van der Waals surface area contributed by atoms with E-state index in [1.807, 2.05) is 12.1 Å². The summed E-state index contributed by atoms with van der Waals surface area (Å²) in [5.41, 5.74) is 0.849. The molecule has 0 bridgehead atoms. The second kappa shape index (κ2) is 6.52. The molecule has 0 N–H and O–H groups in total. The van der Waals surface area contributed by atoms with Crippen LogP contribution in [0.5, 0.6) is 11.5 Å². The molecular formula is C16H13FO3. The Morgan fingerprint density at radius 3 is 2.20 bits per heavy atom. The molecule has 0 unspecified atom stereocenters. The van der Waals surface area contributed by atoms with Crippen molar-refractivity contribution in [2.24, 2.45) is 0 Å². The summed E-state index contributed by atoms with van der Waals surface area (Å²) in [4.78, 5) is 11.6. The zero-order chi connectivity index (χ0) is 14.4. The lowest BCUT2D eigenvalue weighted by Crippen LogP contribution is -2.03. The highest BCUT2D eigenvalue weighted by atomic mass is 19.1. The van der Waals surface area contributed by atoms with Gasteiger partial charge in [0.2, 0.25) is 0 Å². The molecule has 3 nitrogen and oxygen atoms in total. The first-order valence-corrected chi connectivity index (χ1v) is 5.97. The summed E-state index contributed by atoms with van der Waals surface area (Å²) in [5.74, 6) is 0.151. The number of carbonyl (C=O) groups is 1. The second-order valence-corrected chi connectivity index (χ2v) is 3.98. The van der Waals surface area contributed by atoms with Gasteiger partial charge >= 0.3 is 5.97 Å². The van der Waals surface area contributed by atoms with Gasteiger partial charge in [-0.25, -0.2) is 9.18 Å². The van der Waals surface area contributed by atoms with Gasteiger partial charge in [-0.1, -0.05) is 12.1 Å². The van der Waals surface area contributed by atoms with E-state index in [9.17, 15) is 9.18 Å². The van der Waals surface area contributed by atoms with Gasteiger partial charge in [-0.2, -0.15) is 0 Å². The van der Waals surface area contributed by atoms with Gasteiger partial charge in [0.25, 0.3) is 0 Å². The third-order valence-electron chi connectivity index (χ3n) is 2.56. The lowest BCUT2D eigenvalue weighted by molar-refractivity contribution is -0.128. The van der Waals surface area contributed by atoms with Crippen LogP contribution in [0, 0.1) is 5.82 Å². The summed E-state index contributed by atoms with van der Waals surface area (Å²) < 4.78 is 22.7. The number of halogens is 1. The third kappa shape index (κ3) is 3.95. The molecule has 0 amide bonds. The van der Waals surface area contributed by atoms with Gasteiger partial charge < -0.3 is 9.47 Å². The zero-order valence-electron chi connectivity index (χ0n) is 10.9. The number of ether oxygens (including phenoxy) is 2. The summed E-state index contributed by atoms with van der Waals surface area (Å²) in [7, 11) is 1.59. The number of carbonyl (C=O) groups excluding carboxylic acids is 1. The highest BCUT2D eigenvalue weighted by Crippen LogP contribution is 2.13. The van der Waals surface area contributed by atoms with Crippen molar-refractivity contribution in [3.05, 3.63) is 66.0 Å². The maximum absolute atomic E-state index is 12.7. The molecule has 0 aliphatic carbocycles. The van der Waals surface area contributed by atoms with Crippen LogP contribution in [0.2, 0.25) is 0 Å². The lowest BCUT2D eigenvalue weighted by atomic mass is 10.2. The van der Waals surface area contributed by atoms with E-state index in [0.29, 0.717) is 5.75 Å². The van der Waals surface area contributed by atoms with Crippen molar-refractivity contribution in [2.75, 3.05) is 7.11 Å². The molecule has 0 aliphatic heterocycles. The minimum Gasteiger partial charge on any atom is -0.497 e. The Morgan fingerprint density at radius 1 is 1.00 bits per heavy atom. The largest absolute Gasteiger partial charge is 0.497 e. The molecule has 0 heterocycles. The van der Waals surface area contributed by atoms with Gasteiger partial charge in [0.1, 0.15) is 17.3 Å². The summed E-state index contributed by atoms with van der Waals surface area (Å²) >= 11 is 0. The van der Waals surface area contributed by atoms with E-state index in [1.165, 1.54) is 30.3 Å². The molecule has 2 aromatic rings. The Kier molecular flexibility index (Phi) is 4.50. The van der Waals surface area contributed by atoms with Crippen molar-refractivity contribution in [2.45, 2.75) is 0 Å². The van der Waals surface area contributed by atoms with Crippen LogP contribution >= 0.6 is 0 Å². The van der Waals surface area contributed by atoms with Crippen molar-refractivity contribution in [1.82, 2.24) is 0 Å². The van der Waals surface area contributed by atoms with Crippen molar-refractivity contribution in [1.29, 1.82) is 0 Å². The highest BCUT2D eigenvalue weighted by Gasteiger charge is 2.00. The van der Waals surface area contributed by atoms with Gasteiger partial charge in [0.05, 0.1) is 7.11 Å². The van der Waals surface area contributed by atoms with Crippen LogP contribution in [0.4, 0.5) is 4.39 Å². The summed E-state index contributed by atoms with van der Waals surface area (Å²) in [5, 5.41) is 0. The third-order valence-corrected chi connectivity index (χ3v) is 2.56. The zero-order valence-corrected chi connectivity index (χ0v) is 10.9. The van der Waals surface area contributed by atoms with Gasteiger partial charge in [-0.15, -0.1) is 0 Å². The summed E-state index contributed by atoms with van der Waals surface area (Å²) in [6.45, 7) is 0. The number of esters is 1. The first-order chi connectivity index (χ1) is 9.67. The van der Waals surface area contributed by atoms with Crippen LogP contribution in [0.25, 0.3) is 6.08 Å². The maximum Gasteiger partial charge on any atom is 0.336 e. The predicted octanol–water partition coefficient (Wildman–Crippen LogP) is 3.45. The van der Waals surface area contributed by atoms with Crippen LogP contribution in [0.1, 0.15) is 5.56 Å². The molecule has 2 rings (SSSR count). The molecule has 0 spiro atoms. The Morgan fingerprint density at radius 2 is 1.60 bits per heavy atom. The average molecular weight is 272 g/mol. The monoisotopic (exact) mass is 272 g/mol. The van der Waals surface area contributed by atoms with Crippen LogP contribution in [0.15, 0.2) is 54.6 Å². The van der Waals surface area contributed by atoms with Crippen LogP contribution in [-0.4, -0.2) is 13.1 Å². The van der Waals surface area contributed by atoms with Crippen molar-refractivity contribution < 1.29 is 18.7 Å². The summed E-state index contributed by atoms with van der Waals surface area (Å²) in [6.07, 6.45) is 2.94. The molecule has 20 heavy (non-hydrogen) atoms. The molecule has 4 heteroatoms. The van der Waals surface area contributed by atoms with E-state index in [-0.39, 0.29) is 5.82 Å². The number of benzene rings is 2. The lowest BCUT2D eigenvalue weighted by Gasteiger charge is -2.01. The van der Waals surface area contributed by atoms with Gasteiger partial charge in [0.15, 0.2) is 0 Å². The van der Waals surface area contributed by atoms with E-state index >= 15 is 0 Å². The normalized spacial score (nSPS) is 10.5. The number of hydrogen-bond donors (Lipinski definition) is 0. The number of methoxy groups -OCH3 is 1. The number of rotatable bonds is 4. The number of hydrogen-bond acceptors (Lipinski definition) is 3. The smallest absolute Gasteiger partial charge is 0.336 e. The van der Waals surface area contributed by atoms with Gasteiger partial charge in [-0.05, 0) is 48.0 Å². The maximum atomic E-state index is 12.7. The minimum absolute atomic E-state index is 0.302. The fourth-order valence-electron chi connectivity index (χ4n) is 1.53. The molecule has 102 valence electrons. The topological polar surface area (TPSA) is 35.5 Å². The highest BCUT2D eigenvalue weighted by molar-refractivity contribution is 5.88. The quantitative estimate of drug-likeness (QED) is 0.486. The van der Waals surface area contributed by atoms with E-state index in [1.54, 1.807) is 25.3 Å². The Labute approximate surface area is 116 Å². The fourth-order valence-corrected chi connectivity index (χ4v) is 1.53. The van der Waals surface area contributed by atoms with E-state index in [2.05, 4.69) is 0 Å². The second-order valence-electron chi connectivity index (χ2n) is 3.98. The first kappa shape index (κ1) is 13.8. The van der Waals surface area contributed by atoms with E-state index < -0.39 is 5.97 Å². The summed E-state index contributed by atoms with van der Waals surface area (Å²) in [6, 6.07) is 12.5. The molecule has 0 atom stereocenters. The molecule has 2 aromatic carbocycles. The van der Waals surface area contributed by atoms with Gasteiger partial charge in [0, 0.05) is 6.08 Å². The van der Waals surface area contributed by atoms with Crippen LogP contribution in [-0.2, 0) is 4.79 Å². The molecule has 0 saturated carbocycles. The van der Waals surface area contributed by atoms with Crippen LogP contribution in [0.3, 0.4) is 0 Å². The molecule has 0 fully saturated rings. The first-order valence-electron chi connectivity index (χ1n) is 5.97. The molecular weight excluding hydrogens is 259 g/mol. The van der Waals surface area contributed by atoms with Crippen molar-refractivity contribution in [3.8, 4) is 11.5 Å². The fraction of sp³-hybridized carbons (Fsp3) is 0.0625. The Bertz CT molecular complexity index is 601. The molecule has 0 radical (unpaired) electrons. The van der Waals surface area contributed by atoms with Gasteiger partial charge in [-0.3, -0.25) is 0 Å². The minimum atomic E-state index is -0.521. The van der Waals surface area contributed by atoms with Crippen molar-refractivity contribution >= 4 is 12.0 Å². The average Bonchev–Trinajstić information content (AvgIpc) is 2.48. The molecule has 0 saturated heterocycles. The SMILES string of the molecule is COc1ccc(C=CC(=O)Oc2ccc(F)cc2)cc1. The Balaban J connectivity index is 1.96. The van der Waals surface area contributed by atoms with Crippen molar-refractivity contribution in [3.63, 3.8) is 0 Å². The van der Waals surface area contributed by atoms with Crippen LogP contribution < -0.4 is 9.47 Å². The van der Waals surface area contributed by atoms with E-state index in [0.717, 1.165) is 11.3 Å². The van der Waals surface area contributed by atoms with E-state index in [4.69, 9.17) is 9.47 Å². The molecule has 0 aliphatic rings. The predicted molar refractivity (Wildman–Crippen MR) is 74.1 cm³/mol. The Hall–Kier alpha value is -2.62. The standard InChI is InChI=1S/C16H13FO3/c1-19-14-7-2-12(3-8-14)4-11-16(18)20-15-9-5-13(17)6-10-15/h2-11H,1H3. The molecule has 0 aromatic heterocycles.